The third-order valence-corrected chi connectivity index (χ3v) is 7.63. The van der Waals surface area contributed by atoms with Gasteiger partial charge >= 0.3 is 6.36 Å². The third kappa shape index (κ3) is 6.18. The zero-order valence-corrected chi connectivity index (χ0v) is 21.8. The van der Waals surface area contributed by atoms with E-state index in [4.69, 9.17) is 9.47 Å². The monoisotopic (exact) mass is 533 g/mol. The number of alkyl halides is 3. The lowest BCUT2D eigenvalue weighted by atomic mass is 9.95. The standard InChI is InChI=1S/C28H34F3N3O4/c1-33-5-3-21(4-6-33)32-22-12-18(13-23(16-22)38-28(29,30)31)11-20-14-19-15-25(34-7-9-37-10-8-34)26(36-2)17-24(19)27(20)35/h12-13,15-17,20-21,32H,3-11,14H2,1-2H3. The number of anilines is 2. The molecule has 1 unspecified atom stereocenters. The summed E-state index contributed by atoms with van der Waals surface area (Å²) in [6, 6.07) is 8.62. The van der Waals surface area contributed by atoms with Crippen LogP contribution in [-0.2, 0) is 17.6 Å². The maximum Gasteiger partial charge on any atom is 0.573 e. The second kappa shape index (κ2) is 11.0. The minimum absolute atomic E-state index is 0.0150. The van der Waals surface area contributed by atoms with Crippen molar-refractivity contribution in [3.8, 4) is 11.5 Å². The van der Waals surface area contributed by atoms with E-state index in [1.807, 2.05) is 12.1 Å². The van der Waals surface area contributed by atoms with Crippen molar-refractivity contribution in [1.82, 2.24) is 4.90 Å². The quantitative estimate of drug-likeness (QED) is 0.561. The second-order valence-electron chi connectivity index (χ2n) is 10.4. The largest absolute Gasteiger partial charge is 0.573 e. The predicted octanol–water partition coefficient (Wildman–Crippen LogP) is 4.53. The lowest BCUT2D eigenvalue weighted by Crippen LogP contribution is -2.36. The average Bonchev–Trinajstić information content (AvgIpc) is 3.18. The van der Waals surface area contributed by atoms with Crippen molar-refractivity contribution in [2.75, 3.05) is 63.8 Å². The Morgan fingerprint density at radius 1 is 1.05 bits per heavy atom. The van der Waals surface area contributed by atoms with Crippen molar-refractivity contribution in [1.29, 1.82) is 0 Å². The molecule has 206 valence electrons. The highest BCUT2D eigenvalue weighted by molar-refractivity contribution is 6.03. The molecule has 2 heterocycles. The van der Waals surface area contributed by atoms with Crippen LogP contribution in [0.3, 0.4) is 0 Å². The van der Waals surface area contributed by atoms with Gasteiger partial charge in [-0.1, -0.05) is 0 Å². The average molecular weight is 534 g/mol. The minimum Gasteiger partial charge on any atom is -0.495 e. The van der Waals surface area contributed by atoms with Crippen molar-refractivity contribution in [2.24, 2.45) is 5.92 Å². The van der Waals surface area contributed by atoms with Crippen molar-refractivity contribution in [3.63, 3.8) is 0 Å². The summed E-state index contributed by atoms with van der Waals surface area (Å²) in [5.41, 5.74) is 3.71. The molecule has 5 rings (SSSR count). The van der Waals surface area contributed by atoms with Crippen LogP contribution in [0.4, 0.5) is 24.5 Å². The van der Waals surface area contributed by atoms with Gasteiger partial charge in [0, 0.05) is 42.4 Å². The SMILES string of the molecule is COc1cc2c(cc1N1CCOCC1)CC(Cc1cc(NC3CCN(C)CC3)cc(OC(F)(F)F)c1)C2=O. The Bertz CT molecular complexity index is 1160. The van der Waals surface area contributed by atoms with Gasteiger partial charge in [-0.2, -0.15) is 0 Å². The van der Waals surface area contributed by atoms with Gasteiger partial charge in [-0.3, -0.25) is 4.79 Å². The van der Waals surface area contributed by atoms with Crippen LogP contribution in [0.2, 0.25) is 0 Å². The summed E-state index contributed by atoms with van der Waals surface area (Å²) >= 11 is 0. The van der Waals surface area contributed by atoms with Crippen LogP contribution in [0, 0.1) is 5.92 Å². The lowest BCUT2D eigenvalue weighted by molar-refractivity contribution is -0.274. The van der Waals surface area contributed by atoms with Gasteiger partial charge < -0.3 is 29.3 Å². The number of benzene rings is 2. The maximum absolute atomic E-state index is 13.4. The molecule has 1 aliphatic carbocycles. The number of Topliss-reactive ketones (excluding diaryl/α,β-unsaturated/α-hetero) is 1. The molecule has 0 saturated carbocycles. The fraction of sp³-hybridized carbons (Fsp3) is 0.536. The second-order valence-corrected chi connectivity index (χ2v) is 10.4. The number of hydrogen-bond donors (Lipinski definition) is 1. The number of halogens is 3. The molecular formula is C28H34F3N3O4. The zero-order chi connectivity index (χ0) is 26.9. The summed E-state index contributed by atoms with van der Waals surface area (Å²) in [6.45, 7) is 4.59. The minimum atomic E-state index is -4.80. The maximum atomic E-state index is 13.4. The molecule has 2 aromatic rings. The molecule has 0 amide bonds. The van der Waals surface area contributed by atoms with E-state index in [0.29, 0.717) is 48.6 Å². The first-order valence-corrected chi connectivity index (χ1v) is 13.1. The number of nitrogens with zero attached hydrogens (tertiary/aromatic N) is 2. The van der Waals surface area contributed by atoms with E-state index in [-0.39, 0.29) is 23.5 Å². The van der Waals surface area contributed by atoms with Crippen molar-refractivity contribution < 1.29 is 32.2 Å². The number of ketones is 1. The Morgan fingerprint density at radius 2 is 1.79 bits per heavy atom. The number of methoxy groups -OCH3 is 1. The van der Waals surface area contributed by atoms with Crippen molar-refractivity contribution >= 4 is 17.2 Å². The summed E-state index contributed by atoms with van der Waals surface area (Å²) in [6.07, 6.45) is -2.15. The molecule has 3 aliphatic rings. The number of ether oxygens (including phenoxy) is 3. The fourth-order valence-electron chi connectivity index (χ4n) is 5.70. The molecule has 2 aliphatic heterocycles. The van der Waals surface area contributed by atoms with Crippen LogP contribution in [0.5, 0.6) is 11.5 Å². The number of carbonyl (C=O) groups excluding carboxylic acids is 1. The van der Waals surface area contributed by atoms with E-state index in [0.717, 1.165) is 50.3 Å². The van der Waals surface area contributed by atoms with Gasteiger partial charge in [-0.15, -0.1) is 13.2 Å². The van der Waals surface area contributed by atoms with Gasteiger partial charge in [0.05, 0.1) is 26.0 Å². The van der Waals surface area contributed by atoms with Crippen LogP contribution in [0.1, 0.15) is 34.3 Å². The van der Waals surface area contributed by atoms with Gasteiger partial charge in [0.1, 0.15) is 11.5 Å². The van der Waals surface area contributed by atoms with Crippen molar-refractivity contribution in [2.45, 2.75) is 38.1 Å². The Balaban J connectivity index is 1.37. The number of fused-ring (bicyclic) bond motifs is 1. The highest BCUT2D eigenvalue weighted by Gasteiger charge is 2.34. The first-order chi connectivity index (χ1) is 18.2. The fourth-order valence-corrected chi connectivity index (χ4v) is 5.70. The number of hydrogen-bond acceptors (Lipinski definition) is 7. The van der Waals surface area contributed by atoms with Crippen LogP contribution >= 0.6 is 0 Å². The lowest BCUT2D eigenvalue weighted by Gasteiger charge is -2.30. The number of morpholine rings is 1. The van der Waals surface area contributed by atoms with E-state index >= 15 is 0 Å². The molecule has 2 aromatic carbocycles. The van der Waals surface area contributed by atoms with Crippen LogP contribution in [-0.4, -0.2) is 76.6 Å². The number of likely N-dealkylation sites (tertiary alicyclic amines) is 1. The molecule has 10 heteroatoms. The molecule has 0 spiro atoms. The van der Waals surface area contributed by atoms with Crippen LogP contribution < -0.4 is 19.7 Å². The van der Waals surface area contributed by atoms with Gasteiger partial charge in [-0.05, 0) is 81.2 Å². The number of rotatable bonds is 7. The van der Waals surface area contributed by atoms with Crippen molar-refractivity contribution in [3.05, 3.63) is 47.0 Å². The number of piperidine rings is 1. The van der Waals surface area contributed by atoms with Gasteiger partial charge in [0.25, 0.3) is 0 Å². The smallest absolute Gasteiger partial charge is 0.495 e. The van der Waals surface area contributed by atoms with Gasteiger partial charge in [0.2, 0.25) is 0 Å². The first kappa shape index (κ1) is 26.6. The van der Waals surface area contributed by atoms with Gasteiger partial charge in [0.15, 0.2) is 5.78 Å². The van der Waals surface area contributed by atoms with Gasteiger partial charge in [-0.25, -0.2) is 0 Å². The normalized spacial score (nSPS) is 20.9. The summed E-state index contributed by atoms with van der Waals surface area (Å²) in [4.78, 5) is 17.8. The molecule has 0 radical (unpaired) electrons. The summed E-state index contributed by atoms with van der Waals surface area (Å²) in [7, 11) is 3.65. The Hall–Kier alpha value is -2.98. The highest BCUT2D eigenvalue weighted by Crippen LogP contribution is 2.39. The molecule has 0 bridgehead atoms. The van der Waals surface area contributed by atoms with Crippen LogP contribution in [0.15, 0.2) is 30.3 Å². The van der Waals surface area contributed by atoms with E-state index in [2.05, 4.69) is 26.9 Å². The summed E-state index contributed by atoms with van der Waals surface area (Å²) in [5.74, 6) is -0.0137. The Labute approximate surface area is 220 Å². The van der Waals surface area contributed by atoms with E-state index in [1.165, 1.54) is 12.1 Å². The molecule has 7 nitrogen and oxygen atoms in total. The molecule has 0 aromatic heterocycles. The van der Waals surface area contributed by atoms with E-state index in [9.17, 15) is 18.0 Å². The highest BCUT2D eigenvalue weighted by atomic mass is 19.4. The number of carbonyl (C=O) groups is 1. The molecule has 2 saturated heterocycles. The van der Waals surface area contributed by atoms with E-state index < -0.39 is 6.36 Å². The predicted molar refractivity (Wildman–Crippen MR) is 139 cm³/mol. The first-order valence-electron chi connectivity index (χ1n) is 13.1. The van der Waals surface area contributed by atoms with E-state index in [1.54, 1.807) is 13.2 Å². The molecule has 38 heavy (non-hydrogen) atoms. The summed E-state index contributed by atoms with van der Waals surface area (Å²) in [5, 5.41) is 3.39. The molecule has 1 N–H and O–H groups in total. The zero-order valence-electron chi connectivity index (χ0n) is 21.8. The molecule has 1 atom stereocenters. The molecular weight excluding hydrogens is 499 g/mol. The topological polar surface area (TPSA) is 63.3 Å². The Kier molecular flexibility index (Phi) is 7.72. The van der Waals surface area contributed by atoms with Crippen LogP contribution in [0.25, 0.3) is 0 Å². The number of nitrogens with one attached hydrogen (secondary N) is 1. The Morgan fingerprint density at radius 3 is 2.47 bits per heavy atom. The third-order valence-electron chi connectivity index (χ3n) is 7.63. The molecule has 2 fully saturated rings. The summed E-state index contributed by atoms with van der Waals surface area (Å²) < 4.78 is 54.6.